The molecule has 4 aromatic heterocycles. The van der Waals surface area contributed by atoms with Crippen LogP contribution in [0.3, 0.4) is 0 Å². The Morgan fingerprint density at radius 1 is 1.07 bits per heavy atom. The van der Waals surface area contributed by atoms with Gasteiger partial charge in [0.15, 0.2) is 5.82 Å². The Morgan fingerprint density at radius 2 is 1.93 bits per heavy atom. The van der Waals surface area contributed by atoms with Crippen molar-refractivity contribution in [2.24, 2.45) is 0 Å². The first kappa shape index (κ1) is 15.8. The van der Waals surface area contributed by atoms with E-state index in [1.54, 1.807) is 15.7 Å². The molecule has 0 N–H and O–H groups in total. The second-order valence-corrected chi connectivity index (χ2v) is 8.03. The van der Waals surface area contributed by atoms with Crippen LogP contribution in [0.15, 0.2) is 69.4 Å². The van der Waals surface area contributed by atoms with Gasteiger partial charge < -0.3 is 4.52 Å². The van der Waals surface area contributed by atoms with Crippen molar-refractivity contribution >= 4 is 26.9 Å². The van der Waals surface area contributed by atoms with E-state index in [1.807, 2.05) is 54.0 Å². The lowest BCUT2D eigenvalue weighted by Gasteiger charge is -2.10. The Balaban J connectivity index is 1.72. The molecule has 6 rings (SSSR count). The Hall–Kier alpha value is -3.25. The summed E-state index contributed by atoms with van der Waals surface area (Å²) in [5, 5.41) is 7.32. The van der Waals surface area contributed by atoms with E-state index in [0.717, 1.165) is 45.4 Å². The number of rotatable bonds is 3. The number of thiophene rings is 1. The van der Waals surface area contributed by atoms with Gasteiger partial charge in [-0.3, -0.25) is 9.20 Å². The molecule has 5 aromatic rings. The number of nitrogens with zero attached hydrogens (tertiary/aromatic N) is 3. The zero-order valence-electron chi connectivity index (χ0n) is 14.8. The molecule has 0 aliphatic heterocycles. The highest BCUT2D eigenvalue weighted by Gasteiger charge is 2.29. The average Bonchev–Trinajstić information content (AvgIpc) is 3.26. The van der Waals surface area contributed by atoms with E-state index >= 15 is 0 Å². The third kappa shape index (κ3) is 2.34. The number of fused-ring (bicyclic) bond motifs is 3. The molecule has 0 amide bonds. The zero-order chi connectivity index (χ0) is 18.7. The second-order valence-electron chi connectivity index (χ2n) is 7.11. The number of pyridine rings is 2. The molecule has 28 heavy (non-hydrogen) atoms. The van der Waals surface area contributed by atoms with Gasteiger partial charge in [0.25, 0.3) is 11.4 Å². The summed E-state index contributed by atoms with van der Waals surface area (Å²) in [4.78, 5) is 18.0. The molecule has 1 aliphatic carbocycles. The molecular formula is C22H15N3O2S. The van der Waals surface area contributed by atoms with E-state index in [0.29, 0.717) is 17.4 Å². The van der Waals surface area contributed by atoms with Gasteiger partial charge in [-0.1, -0.05) is 35.5 Å². The molecule has 0 spiro atoms. The maximum absolute atomic E-state index is 13.3. The molecule has 1 aliphatic rings. The quantitative estimate of drug-likeness (QED) is 0.433. The monoisotopic (exact) mass is 385 g/mol. The van der Waals surface area contributed by atoms with Crippen LogP contribution >= 0.6 is 11.3 Å². The van der Waals surface area contributed by atoms with Crippen molar-refractivity contribution < 1.29 is 4.52 Å². The van der Waals surface area contributed by atoms with Gasteiger partial charge in [-0.15, -0.1) is 11.3 Å². The summed E-state index contributed by atoms with van der Waals surface area (Å²) in [5.41, 5.74) is 3.06. The lowest BCUT2D eigenvalue weighted by molar-refractivity contribution is 0.423. The molecule has 5 nitrogen and oxygen atoms in total. The summed E-state index contributed by atoms with van der Waals surface area (Å²) in [7, 11) is 0. The number of hydrogen-bond donors (Lipinski definition) is 0. The molecule has 6 heteroatoms. The van der Waals surface area contributed by atoms with Gasteiger partial charge >= 0.3 is 0 Å². The van der Waals surface area contributed by atoms with Crippen LogP contribution in [0.5, 0.6) is 0 Å². The Kier molecular flexibility index (Phi) is 3.31. The molecule has 1 saturated carbocycles. The number of benzene rings is 1. The Bertz CT molecular complexity index is 1390. The van der Waals surface area contributed by atoms with Gasteiger partial charge in [-0.25, -0.2) is 0 Å². The van der Waals surface area contributed by atoms with E-state index in [9.17, 15) is 4.79 Å². The fraction of sp³-hybridized carbons (Fsp3) is 0.136. The molecule has 0 unspecified atom stereocenters. The van der Waals surface area contributed by atoms with Crippen molar-refractivity contribution in [2.75, 3.05) is 0 Å². The number of hydrogen-bond acceptors (Lipinski definition) is 5. The highest BCUT2D eigenvalue weighted by atomic mass is 32.1. The molecule has 0 saturated heterocycles. The fourth-order valence-electron chi connectivity index (χ4n) is 3.65. The Morgan fingerprint density at radius 3 is 2.75 bits per heavy atom. The summed E-state index contributed by atoms with van der Waals surface area (Å²) < 4.78 is 8.39. The molecule has 0 bridgehead atoms. The summed E-state index contributed by atoms with van der Waals surface area (Å²) in [5.74, 6) is 1.64. The van der Waals surface area contributed by atoms with E-state index in [2.05, 4.69) is 16.2 Å². The van der Waals surface area contributed by atoms with Crippen LogP contribution in [0.25, 0.3) is 38.2 Å². The smallest absolute Gasteiger partial charge is 0.263 e. The minimum atomic E-state index is -0.0535. The first-order chi connectivity index (χ1) is 13.8. The van der Waals surface area contributed by atoms with Crippen molar-refractivity contribution in [2.45, 2.75) is 18.8 Å². The van der Waals surface area contributed by atoms with Gasteiger partial charge in [0, 0.05) is 17.7 Å². The topological polar surface area (TPSA) is 60.4 Å². The largest absolute Gasteiger partial charge is 0.334 e. The summed E-state index contributed by atoms with van der Waals surface area (Å²) in [6.07, 6.45) is 4.05. The normalized spacial score (nSPS) is 14.1. The van der Waals surface area contributed by atoms with Crippen molar-refractivity contribution in [1.29, 1.82) is 0 Å². The fourth-order valence-corrected chi connectivity index (χ4v) is 4.59. The molecule has 0 radical (unpaired) electrons. The summed E-state index contributed by atoms with van der Waals surface area (Å²) >= 11 is 1.61. The SMILES string of the molecule is O=c1c(-c2ccccc2)cc(-c2nc(C3CC3)no2)c2c3sccc3ccn12. The first-order valence-corrected chi connectivity index (χ1v) is 10.1. The average molecular weight is 385 g/mol. The summed E-state index contributed by atoms with van der Waals surface area (Å²) in [6.45, 7) is 0. The third-order valence-electron chi connectivity index (χ3n) is 5.25. The molecular weight excluding hydrogens is 370 g/mol. The van der Waals surface area contributed by atoms with Crippen LogP contribution in [0.4, 0.5) is 0 Å². The maximum atomic E-state index is 13.3. The molecule has 136 valence electrons. The summed E-state index contributed by atoms with van der Waals surface area (Å²) in [6, 6.07) is 15.6. The van der Waals surface area contributed by atoms with Crippen LogP contribution in [-0.4, -0.2) is 14.5 Å². The second kappa shape index (κ2) is 5.87. The van der Waals surface area contributed by atoms with Gasteiger partial charge in [-0.2, -0.15) is 4.98 Å². The van der Waals surface area contributed by atoms with Gasteiger partial charge in [0.2, 0.25) is 0 Å². The van der Waals surface area contributed by atoms with Gasteiger partial charge in [0.05, 0.1) is 15.8 Å². The van der Waals surface area contributed by atoms with Crippen molar-refractivity contribution in [3.05, 3.63) is 76.3 Å². The highest BCUT2D eigenvalue weighted by Crippen LogP contribution is 2.40. The van der Waals surface area contributed by atoms with E-state index in [-0.39, 0.29) is 5.56 Å². The minimum absolute atomic E-state index is 0.0535. The lowest BCUT2D eigenvalue weighted by atomic mass is 10.0. The van der Waals surface area contributed by atoms with E-state index in [4.69, 9.17) is 4.52 Å². The molecule has 1 aromatic carbocycles. The van der Waals surface area contributed by atoms with Crippen molar-refractivity contribution in [3.8, 4) is 22.6 Å². The predicted octanol–water partition coefficient (Wildman–Crippen LogP) is 5.11. The zero-order valence-corrected chi connectivity index (χ0v) is 15.6. The van der Waals surface area contributed by atoms with Gasteiger partial charge in [0.1, 0.15) is 0 Å². The molecule has 4 heterocycles. The third-order valence-corrected chi connectivity index (χ3v) is 6.18. The standard InChI is InChI=1S/C22H15N3O2S/c26-22-16(13-4-2-1-3-5-13)12-17(21-23-20(24-27-21)15-6-7-15)18-19-14(9-11-28-19)8-10-25(18)22/h1-5,8-12,15H,6-7H2. The van der Waals surface area contributed by atoms with Crippen LogP contribution in [0, 0.1) is 0 Å². The van der Waals surface area contributed by atoms with E-state index in [1.165, 1.54) is 0 Å². The van der Waals surface area contributed by atoms with Crippen LogP contribution in [0.2, 0.25) is 0 Å². The Labute approximate surface area is 163 Å². The van der Waals surface area contributed by atoms with Gasteiger partial charge in [-0.05, 0) is 47.4 Å². The van der Waals surface area contributed by atoms with Crippen LogP contribution in [0.1, 0.15) is 24.6 Å². The number of aromatic nitrogens is 3. The molecule has 1 fully saturated rings. The van der Waals surface area contributed by atoms with Crippen LogP contribution < -0.4 is 5.56 Å². The van der Waals surface area contributed by atoms with Crippen LogP contribution in [-0.2, 0) is 0 Å². The van der Waals surface area contributed by atoms with Crippen molar-refractivity contribution in [1.82, 2.24) is 14.5 Å². The lowest BCUT2D eigenvalue weighted by Crippen LogP contribution is -2.16. The molecule has 0 atom stereocenters. The minimum Gasteiger partial charge on any atom is -0.334 e. The maximum Gasteiger partial charge on any atom is 0.263 e. The highest BCUT2D eigenvalue weighted by molar-refractivity contribution is 7.18. The van der Waals surface area contributed by atoms with Crippen molar-refractivity contribution in [3.63, 3.8) is 0 Å². The first-order valence-electron chi connectivity index (χ1n) is 9.24. The predicted molar refractivity (Wildman–Crippen MR) is 110 cm³/mol. The van der Waals surface area contributed by atoms with E-state index < -0.39 is 0 Å².